The van der Waals surface area contributed by atoms with Gasteiger partial charge in [0.1, 0.15) is 13.2 Å². The second-order valence-electron chi connectivity index (χ2n) is 5.13. The van der Waals surface area contributed by atoms with E-state index in [2.05, 4.69) is 5.32 Å². The van der Waals surface area contributed by atoms with Crippen molar-refractivity contribution in [3.63, 3.8) is 0 Å². The molecule has 0 saturated carbocycles. The maximum atomic E-state index is 12.3. The van der Waals surface area contributed by atoms with Gasteiger partial charge in [-0.3, -0.25) is 4.79 Å². The van der Waals surface area contributed by atoms with Crippen molar-refractivity contribution in [2.45, 2.75) is 19.4 Å². The number of carbonyl (C=O) groups is 2. The largest absolute Gasteiger partial charge is 0.486 e. The van der Waals surface area contributed by atoms with Crippen molar-refractivity contribution in [1.29, 1.82) is 0 Å². The number of esters is 1. The van der Waals surface area contributed by atoms with Gasteiger partial charge in [-0.05, 0) is 30.7 Å². The van der Waals surface area contributed by atoms with Crippen LogP contribution in [0, 0.1) is 0 Å². The Morgan fingerprint density at radius 3 is 2.71 bits per heavy atom. The molecule has 1 unspecified atom stereocenters. The van der Waals surface area contributed by atoms with Gasteiger partial charge in [0.05, 0.1) is 6.26 Å². The number of anilines is 1. The number of benzene rings is 1. The molecule has 1 atom stereocenters. The van der Waals surface area contributed by atoms with Crippen molar-refractivity contribution in [2.75, 3.05) is 18.5 Å². The zero-order chi connectivity index (χ0) is 16.9. The van der Waals surface area contributed by atoms with Crippen molar-refractivity contribution in [3.8, 4) is 11.5 Å². The summed E-state index contributed by atoms with van der Waals surface area (Å²) in [5.74, 6) is 0.161. The first kappa shape index (κ1) is 15.9. The van der Waals surface area contributed by atoms with E-state index in [0.29, 0.717) is 36.8 Å². The standard InChI is InChI=1S/C17H17NO6/c1-2-12(24-17(20)14-4-3-7-21-14)16(19)18-11-5-6-13-15(10-11)23-9-8-22-13/h3-7,10,12H,2,8-9H2,1H3,(H,18,19). The Morgan fingerprint density at radius 1 is 1.21 bits per heavy atom. The molecule has 1 amide bonds. The summed E-state index contributed by atoms with van der Waals surface area (Å²) in [4.78, 5) is 24.2. The van der Waals surface area contributed by atoms with Crippen LogP contribution in [0.1, 0.15) is 23.9 Å². The molecule has 2 heterocycles. The van der Waals surface area contributed by atoms with Crippen LogP contribution in [0.4, 0.5) is 5.69 Å². The fourth-order valence-corrected chi connectivity index (χ4v) is 2.25. The third-order valence-corrected chi connectivity index (χ3v) is 3.44. The molecule has 0 saturated heterocycles. The van der Waals surface area contributed by atoms with Gasteiger partial charge >= 0.3 is 5.97 Å². The molecule has 2 aromatic rings. The van der Waals surface area contributed by atoms with Gasteiger partial charge in [-0.25, -0.2) is 4.79 Å². The predicted molar refractivity (Wildman–Crippen MR) is 84.3 cm³/mol. The Hall–Kier alpha value is -2.96. The Balaban J connectivity index is 1.65. The second-order valence-corrected chi connectivity index (χ2v) is 5.13. The molecule has 1 aliphatic heterocycles. The Labute approximate surface area is 138 Å². The Morgan fingerprint density at radius 2 is 2.00 bits per heavy atom. The minimum absolute atomic E-state index is 0.0561. The average Bonchev–Trinajstić information content (AvgIpc) is 3.14. The number of hydrogen-bond donors (Lipinski definition) is 1. The minimum Gasteiger partial charge on any atom is -0.486 e. The summed E-state index contributed by atoms with van der Waals surface area (Å²) in [5.41, 5.74) is 0.539. The smallest absolute Gasteiger partial charge is 0.374 e. The maximum Gasteiger partial charge on any atom is 0.374 e. The number of furan rings is 1. The highest BCUT2D eigenvalue weighted by Crippen LogP contribution is 2.32. The highest BCUT2D eigenvalue weighted by atomic mass is 16.6. The lowest BCUT2D eigenvalue weighted by atomic mass is 10.2. The van der Waals surface area contributed by atoms with E-state index < -0.39 is 18.0 Å². The highest BCUT2D eigenvalue weighted by molar-refractivity contribution is 5.97. The number of fused-ring (bicyclic) bond motifs is 1. The van der Waals surface area contributed by atoms with E-state index in [1.165, 1.54) is 12.3 Å². The molecule has 3 rings (SSSR count). The summed E-state index contributed by atoms with van der Waals surface area (Å²) in [7, 11) is 0. The molecule has 7 heteroatoms. The summed E-state index contributed by atoms with van der Waals surface area (Å²) in [6.07, 6.45) is 0.783. The maximum absolute atomic E-state index is 12.3. The highest BCUT2D eigenvalue weighted by Gasteiger charge is 2.24. The van der Waals surface area contributed by atoms with E-state index in [1.807, 2.05) is 0 Å². The normalized spacial score (nSPS) is 13.9. The third-order valence-electron chi connectivity index (χ3n) is 3.44. The molecule has 126 valence electrons. The van der Waals surface area contributed by atoms with E-state index >= 15 is 0 Å². The molecule has 1 N–H and O–H groups in total. The van der Waals surface area contributed by atoms with Gasteiger partial charge in [0, 0.05) is 11.8 Å². The summed E-state index contributed by atoms with van der Waals surface area (Å²) in [5, 5.41) is 2.71. The lowest BCUT2D eigenvalue weighted by Crippen LogP contribution is -2.32. The van der Waals surface area contributed by atoms with Crippen LogP contribution >= 0.6 is 0 Å². The van der Waals surface area contributed by atoms with E-state index in [-0.39, 0.29) is 5.76 Å². The van der Waals surface area contributed by atoms with Crippen LogP contribution < -0.4 is 14.8 Å². The molecule has 0 aliphatic carbocycles. The first-order valence-electron chi connectivity index (χ1n) is 7.62. The lowest BCUT2D eigenvalue weighted by molar-refractivity contribution is -0.124. The summed E-state index contributed by atoms with van der Waals surface area (Å²) in [6, 6.07) is 8.15. The van der Waals surface area contributed by atoms with Crippen LogP contribution in [0.25, 0.3) is 0 Å². The van der Waals surface area contributed by atoms with Crippen molar-refractivity contribution in [1.82, 2.24) is 0 Å². The van der Waals surface area contributed by atoms with Gasteiger partial charge in [-0.1, -0.05) is 6.92 Å². The van der Waals surface area contributed by atoms with Crippen LogP contribution in [0.2, 0.25) is 0 Å². The molecule has 0 fully saturated rings. The zero-order valence-corrected chi connectivity index (χ0v) is 13.1. The SMILES string of the molecule is CCC(OC(=O)c1ccco1)C(=O)Nc1ccc2c(c1)OCCO2. The van der Waals surface area contributed by atoms with Gasteiger partial charge in [0.25, 0.3) is 5.91 Å². The van der Waals surface area contributed by atoms with E-state index in [0.717, 1.165) is 0 Å². The topological polar surface area (TPSA) is 87.0 Å². The fraction of sp³-hybridized carbons (Fsp3) is 0.294. The first-order chi connectivity index (χ1) is 11.7. The lowest BCUT2D eigenvalue weighted by Gasteiger charge is -2.20. The second kappa shape index (κ2) is 7.08. The number of amides is 1. The van der Waals surface area contributed by atoms with E-state index in [9.17, 15) is 9.59 Å². The minimum atomic E-state index is -0.921. The molecule has 0 spiro atoms. The number of hydrogen-bond acceptors (Lipinski definition) is 6. The molecule has 0 radical (unpaired) electrons. The van der Waals surface area contributed by atoms with Gasteiger partial charge in [-0.15, -0.1) is 0 Å². The van der Waals surface area contributed by atoms with Gasteiger partial charge in [0.15, 0.2) is 17.6 Å². The Bertz CT molecular complexity index is 725. The first-order valence-corrected chi connectivity index (χ1v) is 7.62. The molecular weight excluding hydrogens is 314 g/mol. The van der Waals surface area contributed by atoms with Crippen molar-refractivity contribution in [3.05, 3.63) is 42.4 Å². The quantitative estimate of drug-likeness (QED) is 0.848. The van der Waals surface area contributed by atoms with Gasteiger partial charge in [-0.2, -0.15) is 0 Å². The fourth-order valence-electron chi connectivity index (χ4n) is 2.25. The van der Waals surface area contributed by atoms with Crippen LogP contribution in [0.5, 0.6) is 11.5 Å². The van der Waals surface area contributed by atoms with Crippen LogP contribution in [-0.4, -0.2) is 31.2 Å². The van der Waals surface area contributed by atoms with Crippen molar-refractivity contribution < 1.29 is 28.2 Å². The number of ether oxygens (including phenoxy) is 3. The summed E-state index contributed by atoms with van der Waals surface area (Å²) < 4.78 is 21.1. The number of carbonyl (C=O) groups excluding carboxylic acids is 2. The molecule has 1 aromatic carbocycles. The number of nitrogens with one attached hydrogen (secondary N) is 1. The summed E-state index contributed by atoms with van der Waals surface area (Å²) >= 11 is 0. The monoisotopic (exact) mass is 331 g/mol. The molecule has 7 nitrogen and oxygen atoms in total. The Kier molecular flexibility index (Phi) is 4.69. The van der Waals surface area contributed by atoms with Crippen molar-refractivity contribution >= 4 is 17.6 Å². The van der Waals surface area contributed by atoms with E-state index in [4.69, 9.17) is 18.6 Å². The van der Waals surface area contributed by atoms with Gasteiger partial charge < -0.3 is 23.9 Å². The molecule has 1 aromatic heterocycles. The average molecular weight is 331 g/mol. The third kappa shape index (κ3) is 3.51. The molecule has 0 bridgehead atoms. The molecular formula is C17H17NO6. The van der Waals surface area contributed by atoms with Crippen LogP contribution in [0.15, 0.2) is 41.0 Å². The molecule has 1 aliphatic rings. The van der Waals surface area contributed by atoms with Gasteiger partial charge in [0.2, 0.25) is 5.76 Å². The predicted octanol–water partition coefficient (Wildman–Crippen LogP) is 2.62. The zero-order valence-electron chi connectivity index (χ0n) is 13.1. The summed E-state index contributed by atoms with van der Waals surface area (Å²) in [6.45, 7) is 2.71. The number of rotatable bonds is 5. The van der Waals surface area contributed by atoms with Crippen LogP contribution in [-0.2, 0) is 9.53 Å². The van der Waals surface area contributed by atoms with Crippen LogP contribution in [0.3, 0.4) is 0 Å². The van der Waals surface area contributed by atoms with Crippen molar-refractivity contribution in [2.24, 2.45) is 0 Å². The molecule has 24 heavy (non-hydrogen) atoms. The van der Waals surface area contributed by atoms with E-state index in [1.54, 1.807) is 31.2 Å².